The van der Waals surface area contributed by atoms with Crippen molar-refractivity contribution in [3.05, 3.63) is 59.7 Å². The Bertz CT molecular complexity index is 1040. The molecule has 1 aliphatic rings. The van der Waals surface area contributed by atoms with E-state index in [0.717, 1.165) is 49.8 Å². The molecule has 1 aliphatic carbocycles. The van der Waals surface area contributed by atoms with Crippen molar-refractivity contribution < 1.29 is 18.0 Å². The largest absolute Gasteiger partial charge is 0.348 e. The van der Waals surface area contributed by atoms with Gasteiger partial charge in [-0.2, -0.15) is 4.31 Å². The summed E-state index contributed by atoms with van der Waals surface area (Å²) in [5, 5.41) is 5.67. The molecule has 2 N–H and O–H groups in total. The van der Waals surface area contributed by atoms with Gasteiger partial charge in [0.05, 0.1) is 4.90 Å². The van der Waals surface area contributed by atoms with Gasteiger partial charge >= 0.3 is 0 Å². The number of hydrogen-bond donors (Lipinski definition) is 2. The third-order valence-corrected chi connectivity index (χ3v) is 7.97. The van der Waals surface area contributed by atoms with Crippen LogP contribution in [0.1, 0.15) is 67.8 Å². The first-order valence-corrected chi connectivity index (χ1v) is 13.0. The highest BCUT2D eigenvalue weighted by Crippen LogP contribution is 2.26. The molecule has 0 aliphatic heterocycles. The lowest BCUT2D eigenvalue weighted by atomic mass is 9.96. The Kier molecular flexibility index (Phi) is 8.63. The van der Waals surface area contributed by atoms with E-state index < -0.39 is 10.0 Å². The molecule has 178 valence electrons. The number of amides is 2. The van der Waals surface area contributed by atoms with Crippen LogP contribution in [0, 0.1) is 0 Å². The maximum atomic E-state index is 13.0. The molecule has 1 fully saturated rings. The van der Waals surface area contributed by atoms with Gasteiger partial charge in [-0.1, -0.05) is 38.3 Å². The summed E-state index contributed by atoms with van der Waals surface area (Å²) < 4.78 is 27.4. The van der Waals surface area contributed by atoms with Gasteiger partial charge < -0.3 is 10.6 Å². The zero-order valence-corrected chi connectivity index (χ0v) is 20.2. The Labute approximate surface area is 196 Å². The van der Waals surface area contributed by atoms with Crippen LogP contribution in [0.4, 0.5) is 5.69 Å². The quantitative estimate of drug-likeness (QED) is 0.570. The number of rotatable bonds is 9. The van der Waals surface area contributed by atoms with Gasteiger partial charge in [-0.3, -0.25) is 9.59 Å². The fourth-order valence-corrected chi connectivity index (χ4v) is 5.44. The van der Waals surface area contributed by atoms with Crippen LogP contribution < -0.4 is 10.6 Å². The van der Waals surface area contributed by atoms with Crippen LogP contribution >= 0.6 is 0 Å². The van der Waals surface area contributed by atoms with E-state index >= 15 is 0 Å². The van der Waals surface area contributed by atoms with E-state index in [9.17, 15) is 18.0 Å². The molecule has 0 bridgehead atoms. The van der Waals surface area contributed by atoms with Gasteiger partial charge in [-0.15, -0.1) is 0 Å². The summed E-state index contributed by atoms with van der Waals surface area (Å²) in [5.41, 5.74) is 2.02. The molecule has 1 saturated carbocycles. The number of benzene rings is 2. The fraction of sp³-hybridized carbons (Fsp3) is 0.440. The third kappa shape index (κ3) is 6.65. The normalized spacial score (nSPS) is 14.8. The summed E-state index contributed by atoms with van der Waals surface area (Å²) in [6.45, 7) is 2.28. The molecule has 2 aromatic carbocycles. The standard InChI is InChI=1S/C25H33N3O4S/c1-3-7-24(29)27-21-14-10-19(11-15-21)18-26-25(30)20-12-16-23(17-13-20)33(31,32)28(2)22-8-5-4-6-9-22/h10-17,22H,3-9,18H2,1-2H3,(H,26,30)(H,27,29). The molecule has 0 radical (unpaired) electrons. The topological polar surface area (TPSA) is 95.6 Å². The van der Waals surface area contributed by atoms with Crippen molar-refractivity contribution in [2.45, 2.75) is 69.4 Å². The van der Waals surface area contributed by atoms with Crippen molar-refractivity contribution >= 4 is 27.5 Å². The maximum Gasteiger partial charge on any atom is 0.251 e. The molecule has 3 rings (SSSR count). The summed E-state index contributed by atoms with van der Waals surface area (Å²) in [6.07, 6.45) is 6.33. The predicted molar refractivity (Wildman–Crippen MR) is 129 cm³/mol. The third-order valence-electron chi connectivity index (χ3n) is 6.05. The lowest BCUT2D eigenvalue weighted by Crippen LogP contribution is -2.38. The number of hydrogen-bond acceptors (Lipinski definition) is 4. The molecule has 8 heteroatoms. The Morgan fingerprint density at radius 1 is 0.970 bits per heavy atom. The summed E-state index contributed by atoms with van der Waals surface area (Å²) in [5.74, 6) is -0.297. The molecule has 7 nitrogen and oxygen atoms in total. The second-order valence-electron chi connectivity index (χ2n) is 8.52. The average molecular weight is 472 g/mol. The van der Waals surface area contributed by atoms with E-state index in [2.05, 4.69) is 10.6 Å². The Hall–Kier alpha value is -2.71. The lowest BCUT2D eigenvalue weighted by Gasteiger charge is -2.30. The van der Waals surface area contributed by atoms with E-state index in [1.807, 2.05) is 19.1 Å². The van der Waals surface area contributed by atoms with Crippen molar-refractivity contribution in [3.8, 4) is 0 Å². The molecule has 0 unspecified atom stereocenters. The molecule has 0 spiro atoms. The van der Waals surface area contributed by atoms with Crippen molar-refractivity contribution in [3.63, 3.8) is 0 Å². The van der Waals surface area contributed by atoms with Gasteiger partial charge in [0.2, 0.25) is 15.9 Å². The minimum Gasteiger partial charge on any atom is -0.348 e. The highest BCUT2D eigenvalue weighted by Gasteiger charge is 2.29. The SMILES string of the molecule is CCCC(=O)Nc1ccc(CNC(=O)c2ccc(S(=O)(=O)N(C)C3CCCCC3)cc2)cc1. The van der Waals surface area contributed by atoms with Gasteiger partial charge in [0.1, 0.15) is 0 Å². The van der Waals surface area contributed by atoms with E-state index in [-0.39, 0.29) is 22.8 Å². The lowest BCUT2D eigenvalue weighted by molar-refractivity contribution is -0.116. The smallest absolute Gasteiger partial charge is 0.251 e. The molecule has 0 atom stereocenters. The summed E-state index contributed by atoms with van der Waals surface area (Å²) >= 11 is 0. The zero-order chi connectivity index (χ0) is 23.8. The fourth-order valence-electron chi connectivity index (χ4n) is 4.03. The molecular formula is C25H33N3O4S. The first kappa shape index (κ1) is 24.9. The number of nitrogens with zero attached hydrogens (tertiary/aromatic N) is 1. The van der Waals surface area contributed by atoms with Gasteiger partial charge in [0.15, 0.2) is 0 Å². The van der Waals surface area contributed by atoms with Gasteiger partial charge in [0.25, 0.3) is 5.91 Å². The average Bonchev–Trinajstić information content (AvgIpc) is 2.83. The summed E-state index contributed by atoms with van der Waals surface area (Å²) in [6, 6.07) is 13.4. The second kappa shape index (κ2) is 11.4. The monoisotopic (exact) mass is 471 g/mol. The zero-order valence-electron chi connectivity index (χ0n) is 19.3. The van der Waals surface area contributed by atoms with Crippen molar-refractivity contribution in [2.75, 3.05) is 12.4 Å². The number of carbonyl (C=O) groups is 2. The molecule has 0 heterocycles. The van der Waals surface area contributed by atoms with Crippen LogP contribution in [-0.2, 0) is 21.4 Å². The number of anilines is 1. The van der Waals surface area contributed by atoms with E-state index in [1.54, 1.807) is 31.3 Å². The van der Waals surface area contributed by atoms with Gasteiger partial charge in [-0.25, -0.2) is 8.42 Å². The summed E-state index contributed by atoms with van der Waals surface area (Å²) in [7, 11) is -1.94. The van der Waals surface area contributed by atoms with Crippen LogP contribution in [0.25, 0.3) is 0 Å². The van der Waals surface area contributed by atoms with Crippen LogP contribution in [0.15, 0.2) is 53.4 Å². The predicted octanol–water partition coefficient (Wildman–Crippen LogP) is 4.31. The molecule has 2 aromatic rings. The van der Waals surface area contributed by atoms with Crippen LogP contribution in [0.3, 0.4) is 0 Å². The maximum absolute atomic E-state index is 13.0. The molecule has 2 amide bonds. The van der Waals surface area contributed by atoms with Crippen molar-refractivity contribution in [1.82, 2.24) is 9.62 Å². The van der Waals surface area contributed by atoms with Crippen LogP contribution in [0.5, 0.6) is 0 Å². The first-order chi connectivity index (χ1) is 15.8. The number of sulfonamides is 1. The second-order valence-corrected chi connectivity index (χ2v) is 10.5. The van der Waals surface area contributed by atoms with Crippen molar-refractivity contribution in [2.24, 2.45) is 0 Å². The number of nitrogens with one attached hydrogen (secondary N) is 2. The molecule has 33 heavy (non-hydrogen) atoms. The highest BCUT2D eigenvalue weighted by molar-refractivity contribution is 7.89. The molecule has 0 saturated heterocycles. The Balaban J connectivity index is 1.56. The first-order valence-electron chi connectivity index (χ1n) is 11.6. The highest BCUT2D eigenvalue weighted by atomic mass is 32.2. The van der Waals surface area contributed by atoms with Crippen LogP contribution in [0.2, 0.25) is 0 Å². The van der Waals surface area contributed by atoms with Crippen molar-refractivity contribution in [1.29, 1.82) is 0 Å². The minimum atomic E-state index is -3.58. The minimum absolute atomic E-state index is 0.0195. The number of carbonyl (C=O) groups excluding carboxylic acids is 2. The van der Waals surface area contributed by atoms with E-state index in [0.29, 0.717) is 18.5 Å². The van der Waals surface area contributed by atoms with E-state index in [4.69, 9.17) is 0 Å². The molecular weight excluding hydrogens is 438 g/mol. The summed E-state index contributed by atoms with van der Waals surface area (Å²) in [4.78, 5) is 24.4. The Morgan fingerprint density at radius 3 is 2.21 bits per heavy atom. The van der Waals surface area contributed by atoms with Crippen LogP contribution in [-0.4, -0.2) is 37.6 Å². The van der Waals surface area contributed by atoms with Gasteiger partial charge in [0, 0.05) is 37.3 Å². The van der Waals surface area contributed by atoms with Gasteiger partial charge in [-0.05, 0) is 61.2 Å². The van der Waals surface area contributed by atoms with E-state index in [1.165, 1.54) is 16.4 Å². The Morgan fingerprint density at radius 2 is 1.61 bits per heavy atom. The molecule has 0 aromatic heterocycles.